The number of amides is 1. The van der Waals surface area contributed by atoms with Crippen molar-refractivity contribution in [1.82, 2.24) is 19.7 Å². The first kappa shape index (κ1) is 19.3. The molecule has 3 heterocycles. The first-order valence-corrected chi connectivity index (χ1v) is 8.55. The maximum absolute atomic E-state index is 13.1. The number of carbonyl (C=O) groups is 1. The highest BCUT2D eigenvalue weighted by atomic mass is 79.9. The number of hydrogen-bond donors (Lipinski definition) is 1. The number of aryl methyl sites for hydroxylation is 1. The van der Waals surface area contributed by atoms with Crippen LogP contribution in [0.5, 0.6) is 0 Å². The quantitative estimate of drug-likeness (QED) is 0.617. The average Bonchev–Trinajstić information content (AvgIpc) is 3.03. The Morgan fingerprint density at radius 3 is 2.67 bits per heavy atom. The predicted octanol–water partition coefficient (Wildman–Crippen LogP) is 4.66. The van der Waals surface area contributed by atoms with Crippen molar-refractivity contribution in [3.63, 3.8) is 0 Å². The molecule has 0 saturated carbocycles. The second-order valence-corrected chi connectivity index (χ2v) is 6.73. The summed E-state index contributed by atoms with van der Waals surface area (Å²) in [4.78, 5) is 20.6. The van der Waals surface area contributed by atoms with Gasteiger partial charge in [0.15, 0.2) is 11.5 Å². The van der Waals surface area contributed by atoms with E-state index in [4.69, 9.17) is 11.6 Å². The first-order chi connectivity index (χ1) is 12.7. The highest BCUT2D eigenvalue weighted by Crippen LogP contribution is 2.30. The molecule has 0 saturated heterocycles. The minimum Gasteiger partial charge on any atom is -0.305 e. The highest BCUT2D eigenvalue weighted by Gasteiger charge is 2.36. The molecule has 0 aliphatic carbocycles. The molecule has 3 aromatic rings. The number of halogens is 5. The number of aromatic nitrogens is 4. The molecular weight excluding hydrogens is 451 g/mol. The summed E-state index contributed by atoms with van der Waals surface area (Å²) in [7, 11) is 0. The molecule has 0 aliphatic rings. The van der Waals surface area contributed by atoms with Crippen molar-refractivity contribution in [1.29, 1.82) is 0 Å². The second kappa shape index (κ2) is 7.28. The molecule has 0 bridgehead atoms. The van der Waals surface area contributed by atoms with E-state index in [1.165, 1.54) is 24.5 Å². The average molecular weight is 461 g/mol. The third kappa shape index (κ3) is 4.11. The van der Waals surface area contributed by atoms with Gasteiger partial charge in [0, 0.05) is 22.9 Å². The maximum Gasteiger partial charge on any atom is 0.435 e. The van der Waals surface area contributed by atoms with E-state index < -0.39 is 17.8 Å². The fourth-order valence-corrected chi connectivity index (χ4v) is 2.87. The molecule has 1 amide bonds. The molecule has 3 rings (SSSR count). The molecule has 0 fully saturated rings. The van der Waals surface area contributed by atoms with Gasteiger partial charge in [0.1, 0.15) is 11.5 Å². The van der Waals surface area contributed by atoms with E-state index in [0.29, 0.717) is 16.1 Å². The number of rotatable bonds is 3. The van der Waals surface area contributed by atoms with Crippen LogP contribution in [-0.4, -0.2) is 25.7 Å². The van der Waals surface area contributed by atoms with Crippen LogP contribution in [0.3, 0.4) is 0 Å². The van der Waals surface area contributed by atoms with E-state index in [1.807, 2.05) is 0 Å². The van der Waals surface area contributed by atoms with E-state index in [0.717, 1.165) is 4.68 Å². The Morgan fingerprint density at radius 2 is 2.04 bits per heavy atom. The van der Waals surface area contributed by atoms with Crippen LogP contribution >= 0.6 is 27.5 Å². The Labute approximate surface area is 164 Å². The van der Waals surface area contributed by atoms with Crippen molar-refractivity contribution in [2.75, 3.05) is 5.32 Å². The van der Waals surface area contributed by atoms with Gasteiger partial charge in [-0.15, -0.1) is 0 Å². The minimum absolute atomic E-state index is 0.0429. The zero-order chi connectivity index (χ0) is 19.8. The van der Waals surface area contributed by atoms with E-state index in [1.54, 1.807) is 13.0 Å². The molecule has 0 aliphatic heterocycles. The van der Waals surface area contributed by atoms with E-state index in [-0.39, 0.29) is 22.4 Å². The summed E-state index contributed by atoms with van der Waals surface area (Å²) >= 11 is 9.25. The Morgan fingerprint density at radius 1 is 1.30 bits per heavy atom. The van der Waals surface area contributed by atoms with Crippen molar-refractivity contribution in [2.24, 2.45) is 0 Å². The smallest absolute Gasteiger partial charge is 0.305 e. The van der Waals surface area contributed by atoms with Crippen LogP contribution in [0.4, 0.5) is 19.0 Å². The summed E-state index contributed by atoms with van der Waals surface area (Å²) in [5.74, 6) is -0.727. The molecule has 0 unspecified atom stereocenters. The van der Waals surface area contributed by atoms with Gasteiger partial charge in [0.2, 0.25) is 0 Å². The lowest BCUT2D eigenvalue weighted by molar-refractivity contribution is -0.141. The van der Waals surface area contributed by atoms with Crippen molar-refractivity contribution in [2.45, 2.75) is 13.1 Å². The zero-order valence-corrected chi connectivity index (χ0v) is 15.9. The standard InChI is InChI=1S/C16H10BrClF3N5O/c1-8-5-9(17)7-23-13(8)24-15(27)11-6-12(16(19,20)21)25-26(11)14-10(18)3-2-4-22-14/h2-7H,1H3,(H,23,24,27). The SMILES string of the molecule is Cc1cc(Br)cnc1NC(=O)c1cc(C(F)(F)F)nn1-c1ncccc1Cl. The van der Waals surface area contributed by atoms with Crippen molar-refractivity contribution in [3.8, 4) is 5.82 Å². The van der Waals surface area contributed by atoms with Gasteiger partial charge < -0.3 is 5.32 Å². The van der Waals surface area contributed by atoms with Crippen LogP contribution in [0.25, 0.3) is 5.82 Å². The van der Waals surface area contributed by atoms with Gasteiger partial charge in [0.25, 0.3) is 5.91 Å². The summed E-state index contributed by atoms with van der Waals surface area (Å²) in [6, 6.07) is 5.28. The lowest BCUT2D eigenvalue weighted by Gasteiger charge is -2.10. The van der Waals surface area contributed by atoms with E-state index in [2.05, 4.69) is 36.3 Å². The Kier molecular flexibility index (Phi) is 5.20. The molecule has 0 aromatic carbocycles. The van der Waals surface area contributed by atoms with E-state index in [9.17, 15) is 18.0 Å². The summed E-state index contributed by atoms with van der Waals surface area (Å²) in [6.45, 7) is 1.70. The molecular formula is C16H10BrClF3N5O. The molecule has 140 valence electrons. The van der Waals surface area contributed by atoms with Crippen LogP contribution in [0.2, 0.25) is 5.02 Å². The molecule has 11 heteroatoms. The Bertz CT molecular complexity index is 1020. The normalized spacial score (nSPS) is 11.5. The number of anilines is 1. The topological polar surface area (TPSA) is 72.7 Å². The molecule has 6 nitrogen and oxygen atoms in total. The van der Waals surface area contributed by atoms with Crippen LogP contribution in [0.1, 0.15) is 21.7 Å². The minimum atomic E-state index is -4.74. The van der Waals surface area contributed by atoms with Crippen LogP contribution in [0, 0.1) is 6.92 Å². The number of hydrogen-bond acceptors (Lipinski definition) is 4. The first-order valence-electron chi connectivity index (χ1n) is 7.38. The predicted molar refractivity (Wildman–Crippen MR) is 96.0 cm³/mol. The monoisotopic (exact) mass is 459 g/mol. The number of carbonyl (C=O) groups excluding carboxylic acids is 1. The van der Waals surface area contributed by atoms with Gasteiger partial charge in [-0.3, -0.25) is 4.79 Å². The fraction of sp³-hybridized carbons (Fsp3) is 0.125. The van der Waals surface area contributed by atoms with Crippen molar-refractivity contribution < 1.29 is 18.0 Å². The van der Waals surface area contributed by atoms with E-state index >= 15 is 0 Å². The van der Waals surface area contributed by atoms with Gasteiger partial charge in [-0.2, -0.15) is 18.3 Å². The molecule has 0 atom stereocenters. The molecule has 1 N–H and O–H groups in total. The fourth-order valence-electron chi connectivity index (χ4n) is 2.22. The van der Waals surface area contributed by atoms with Crippen LogP contribution in [-0.2, 0) is 6.18 Å². The number of pyridine rings is 2. The second-order valence-electron chi connectivity index (χ2n) is 5.41. The molecule has 0 radical (unpaired) electrons. The Balaban J connectivity index is 2.06. The molecule has 0 spiro atoms. The summed E-state index contributed by atoms with van der Waals surface area (Å²) in [5.41, 5.74) is -1.00. The number of nitrogens with zero attached hydrogens (tertiary/aromatic N) is 4. The Hall–Kier alpha value is -2.46. The highest BCUT2D eigenvalue weighted by molar-refractivity contribution is 9.10. The zero-order valence-electron chi connectivity index (χ0n) is 13.6. The lowest BCUT2D eigenvalue weighted by Crippen LogP contribution is -2.19. The van der Waals surface area contributed by atoms with Crippen LogP contribution in [0.15, 0.2) is 41.1 Å². The number of nitrogens with one attached hydrogen (secondary N) is 1. The van der Waals surface area contributed by atoms with Gasteiger partial charge in [0.05, 0.1) is 5.02 Å². The molecule has 27 heavy (non-hydrogen) atoms. The van der Waals surface area contributed by atoms with Gasteiger partial charge in [-0.05, 0) is 46.6 Å². The van der Waals surface area contributed by atoms with Gasteiger partial charge in [-0.1, -0.05) is 11.6 Å². The third-order valence-corrected chi connectivity index (χ3v) is 4.18. The van der Waals surface area contributed by atoms with Crippen LogP contribution < -0.4 is 5.32 Å². The largest absolute Gasteiger partial charge is 0.435 e. The summed E-state index contributed by atoms with van der Waals surface area (Å²) in [5, 5.41) is 5.99. The maximum atomic E-state index is 13.1. The number of alkyl halides is 3. The lowest BCUT2D eigenvalue weighted by atomic mass is 10.2. The summed E-state index contributed by atoms with van der Waals surface area (Å²) in [6.07, 6.45) is -1.96. The summed E-state index contributed by atoms with van der Waals surface area (Å²) < 4.78 is 40.8. The third-order valence-electron chi connectivity index (χ3n) is 3.45. The van der Waals surface area contributed by atoms with Crippen molar-refractivity contribution in [3.05, 3.63) is 63.1 Å². The van der Waals surface area contributed by atoms with Crippen molar-refractivity contribution >= 4 is 39.3 Å². The van der Waals surface area contributed by atoms with Gasteiger partial charge >= 0.3 is 6.18 Å². The van der Waals surface area contributed by atoms with Gasteiger partial charge in [-0.25, -0.2) is 14.6 Å². The molecule has 3 aromatic heterocycles.